The maximum atomic E-state index is 12.3. The van der Waals surface area contributed by atoms with Crippen LogP contribution in [0.2, 0.25) is 0 Å². The first kappa shape index (κ1) is 14.8. The van der Waals surface area contributed by atoms with Crippen molar-refractivity contribution in [1.82, 2.24) is 15.5 Å². The minimum Gasteiger partial charge on any atom is -0.454 e. The summed E-state index contributed by atoms with van der Waals surface area (Å²) in [4.78, 5) is 37.4. The first-order chi connectivity index (χ1) is 11.6. The van der Waals surface area contributed by atoms with E-state index in [2.05, 4.69) is 10.6 Å². The lowest BCUT2D eigenvalue weighted by molar-refractivity contribution is -0.143. The highest BCUT2D eigenvalue weighted by atomic mass is 16.7. The van der Waals surface area contributed by atoms with Gasteiger partial charge in [-0.1, -0.05) is 6.07 Å². The highest BCUT2D eigenvalue weighted by Gasteiger charge is 2.42. The van der Waals surface area contributed by atoms with Gasteiger partial charge in [0.15, 0.2) is 11.5 Å². The molecule has 0 spiro atoms. The summed E-state index contributed by atoms with van der Waals surface area (Å²) in [5, 5.41) is 5.48. The molecule has 0 bridgehead atoms. The van der Waals surface area contributed by atoms with E-state index in [1.54, 1.807) is 17.0 Å². The summed E-state index contributed by atoms with van der Waals surface area (Å²) in [6, 6.07) is 4.72. The summed E-state index contributed by atoms with van der Waals surface area (Å²) in [5.74, 6) is 0.915. The maximum Gasteiger partial charge on any atom is 0.243 e. The molecule has 2 N–H and O–H groups in total. The first-order valence-corrected chi connectivity index (χ1v) is 7.85. The lowest BCUT2D eigenvalue weighted by atomic mass is 10.1. The van der Waals surface area contributed by atoms with E-state index in [9.17, 15) is 14.4 Å². The molecule has 3 amide bonds. The predicted molar refractivity (Wildman–Crippen MR) is 81.3 cm³/mol. The normalized spacial score (nSPS) is 24.6. The summed E-state index contributed by atoms with van der Waals surface area (Å²) >= 11 is 0. The topological polar surface area (TPSA) is 97.0 Å². The standard InChI is InChI=1S/C16H17N3O5/c20-14(4-9-1-2-12-13(3-9)24-8-23-12)18-10-5-11-16(22)17-6-15(21)19(11)7-10/h1-3,10-11H,4-8H2,(H,17,22)(H,18,20)/t10-,11-/m0/s1. The summed E-state index contributed by atoms with van der Waals surface area (Å²) in [6.07, 6.45) is 0.655. The molecular weight excluding hydrogens is 314 g/mol. The van der Waals surface area contributed by atoms with Gasteiger partial charge in [0.2, 0.25) is 24.5 Å². The van der Waals surface area contributed by atoms with Gasteiger partial charge in [-0.3, -0.25) is 14.4 Å². The van der Waals surface area contributed by atoms with Crippen LogP contribution < -0.4 is 20.1 Å². The molecule has 1 aromatic carbocycles. The van der Waals surface area contributed by atoms with Crippen molar-refractivity contribution < 1.29 is 23.9 Å². The van der Waals surface area contributed by atoms with Crippen LogP contribution in [0.1, 0.15) is 12.0 Å². The van der Waals surface area contributed by atoms with Gasteiger partial charge in [0.1, 0.15) is 6.04 Å². The van der Waals surface area contributed by atoms with Crippen molar-refractivity contribution in [3.05, 3.63) is 23.8 Å². The second-order valence-electron chi connectivity index (χ2n) is 6.14. The van der Waals surface area contributed by atoms with Crippen LogP contribution in [-0.4, -0.2) is 54.6 Å². The lowest BCUT2D eigenvalue weighted by Crippen LogP contribution is -2.55. The van der Waals surface area contributed by atoms with E-state index < -0.39 is 6.04 Å². The molecule has 3 aliphatic heterocycles. The van der Waals surface area contributed by atoms with Crippen LogP contribution in [-0.2, 0) is 20.8 Å². The molecule has 2 atom stereocenters. The average molecular weight is 331 g/mol. The maximum absolute atomic E-state index is 12.3. The summed E-state index contributed by atoms with van der Waals surface area (Å²) < 4.78 is 10.5. The smallest absolute Gasteiger partial charge is 0.243 e. The second-order valence-corrected chi connectivity index (χ2v) is 6.14. The first-order valence-electron chi connectivity index (χ1n) is 7.85. The molecule has 24 heavy (non-hydrogen) atoms. The summed E-state index contributed by atoms with van der Waals surface area (Å²) in [5.41, 5.74) is 0.821. The third-order valence-electron chi connectivity index (χ3n) is 4.50. The largest absolute Gasteiger partial charge is 0.454 e. The molecule has 1 aromatic rings. The minimum absolute atomic E-state index is 0.0349. The number of carbonyl (C=O) groups excluding carboxylic acids is 3. The van der Waals surface area contributed by atoms with Gasteiger partial charge in [-0.2, -0.15) is 0 Å². The van der Waals surface area contributed by atoms with E-state index in [0.29, 0.717) is 24.5 Å². The molecule has 0 unspecified atom stereocenters. The van der Waals surface area contributed by atoms with Crippen molar-refractivity contribution in [2.75, 3.05) is 19.9 Å². The monoisotopic (exact) mass is 331 g/mol. The predicted octanol–water partition coefficient (Wildman–Crippen LogP) is -0.827. The Hall–Kier alpha value is -2.77. The van der Waals surface area contributed by atoms with Crippen molar-refractivity contribution in [1.29, 1.82) is 0 Å². The van der Waals surface area contributed by atoms with Gasteiger partial charge in [0.25, 0.3) is 0 Å². The Morgan fingerprint density at radius 3 is 2.96 bits per heavy atom. The number of nitrogens with zero attached hydrogens (tertiary/aromatic N) is 1. The van der Waals surface area contributed by atoms with Gasteiger partial charge in [-0.15, -0.1) is 0 Å². The third kappa shape index (κ3) is 2.64. The Morgan fingerprint density at radius 2 is 2.12 bits per heavy atom. The van der Waals surface area contributed by atoms with Crippen LogP contribution >= 0.6 is 0 Å². The molecule has 8 heteroatoms. The van der Waals surface area contributed by atoms with Crippen molar-refractivity contribution in [2.45, 2.75) is 24.9 Å². The van der Waals surface area contributed by atoms with Gasteiger partial charge < -0.3 is 25.0 Å². The van der Waals surface area contributed by atoms with Gasteiger partial charge in [-0.25, -0.2) is 0 Å². The zero-order chi connectivity index (χ0) is 16.7. The number of piperazine rings is 1. The van der Waals surface area contributed by atoms with Crippen LogP contribution in [0.25, 0.3) is 0 Å². The van der Waals surface area contributed by atoms with Crippen molar-refractivity contribution in [3.63, 3.8) is 0 Å². The number of hydrogen-bond acceptors (Lipinski definition) is 5. The molecule has 4 rings (SSSR count). The van der Waals surface area contributed by atoms with E-state index in [1.165, 1.54) is 0 Å². The van der Waals surface area contributed by atoms with E-state index >= 15 is 0 Å². The minimum atomic E-state index is -0.470. The van der Waals surface area contributed by atoms with Gasteiger partial charge >= 0.3 is 0 Å². The third-order valence-corrected chi connectivity index (χ3v) is 4.50. The van der Waals surface area contributed by atoms with Gasteiger partial charge in [0, 0.05) is 12.6 Å². The zero-order valence-electron chi connectivity index (χ0n) is 12.9. The van der Waals surface area contributed by atoms with Crippen LogP contribution in [0, 0.1) is 0 Å². The fourth-order valence-electron chi connectivity index (χ4n) is 3.36. The number of ether oxygens (including phenoxy) is 2. The van der Waals surface area contributed by atoms with Crippen LogP contribution in [0.15, 0.2) is 18.2 Å². The quantitative estimate of drug-likeness (QED) is 0.754. The van der Waals surface area contributed by atoms with E-state index in [0.717, 1.165) is 5.56 Å². The Bertz CT molecular complexity index is 696. The lowest BCUT2D eigenvalue weighted by Gasteiger charge is -2.28. The molecule has 8 nitrogen and oxygen atoms in total. The Labute approximate surface area is 138 Å². The van der Waals surface area contributed by atoms with Crippen molar-refractivity contribution >= 4 is 17.7 Å². The molecule has 0 saturated carbocycles. The van der Waals surface area contributed by atoms with E-state index in [1.807, 2.05) is 6.07 Å². The Balaban J connectivity index is 1.37. The van der Waals surface area contributed by atoms with E-state index in [-0.39, 0.29) is 43.5 Å². The number of fused-ring (bicyclic) bond motifs is 2. The fraction of sp³-hybridized carbons (Fsp3) is 0.438. The number of carbonyl (C=O) groups is 3. The van der Waals surface area contributed by atoms with Crippen molar-refractivity contribution in [3.8, 4) is 11.5 Å². The van der Waals surface area contributed by atoms with Crippen LogP contribution in [0.3, 0.4) is 0 Å². The molecule has 0 radical (unpaired) electrons. The van der Waals surface area contributed by atoms with Crippen LogP contribution in [0.4, 0.5) is 0 Å². The molecule has 126 valence electrons. The second kappa shape index (κ2) is 5.70. The van der Waals surface area contributed by atoms with Gasteiger partial charge in [-0.05, 0) is 24.1 Å². The molecule has 3 aliphatic rings. The number of rotatable bonds is 3. The van der Waals surface area contributed by atoms with E-state index in [4.69, 9.17) is 9.47 Å². The number of nitrogens with one attached hydrogen (secondary N) is 2. The highest BCUT2D eigenvalue weighted by molar-refractivity contribution is 5.95. The molecular formula is C16H17N3O5. The Kier molecular flexibility index (Phi) is 3.51. The SMILES string of the molecule is O=C(Cc1ccc2c(c1)OCO2)N[C@H]1C[C@H]2C(=O)NCC(=O)N2C1. The molecule has 2 saturated heterocycles. The average Bonchev–Trinajstić information content (AvgIpc) is 3.17. The zero-order valence-corrected chi connectivity index (χ0v) is 12.9. The van der Waals surface area contributed by atoms with Crippen molar-refractivity contribution in [2.24, 2.45) is 0 Å². The fourth-order valence-corrected chi connectivity index (χ4v) is 3.36. The van der Waals surface area contributed by atoms with Gasteiger partial charge in [0.05, 0.1) is 13.0 Å². The molecule has 2 fully saturated rings. The number of hydrogen-bond donors (Lipinski definition) is 2. The number of benzene rings is 1. The molecule has 0 aromatic heterocycles. The summed E-state index contributed by atoms with van der Waals surface area (Å²) in [6.45, 7) is 0.609. The highest BCUT2D eigenvalue weighted by Crippen LogP contribution is 2.32. The Morgan fingerprint density at radius 1 is 1.29 bits per heavy atom. The van der Waals surface area contributed by atoms with Crippen LogP contribution in [0.5, 0.6) is 11.5 Å². The molecule has 0 aliphatic carbocycles. The summed E-state index contributed by atoms with van der Waals surface area (Å²) in [7, 11) is 0. The number of amides is 3. The molecule has 3 heterocycles.